The number of hydrogen-bond acceptors (Lipinski definition) is 3. The van der Waals surface area contributed by atoms with Crippen molar-refractivity contribution in [2.24, 2.45) is 5.92 Å². The van der Waals surface area contributed by atoms with Crippen LogP contribution in [-0.2, 0) is 10.0 Å². The monoisotopic (exact) mass is 260 g/mol. The van der Waals surface area contributed by atoms with E-state index in [1.165, 1.54) is 6.42 Å². The number of nitrogens with one attached hydrogen (secondary N) is 1. The molecule has 0 aliphatic carbocycles. The van der Waals surface area contributed by atoms with Gasteiger partial charge in [-0.2, -0.15) is 0 Å². The van der Waals surface area contributed by atoms with Crippen molar-refractivity contribution in [2.75, 3.05) is 31.9 Å². The number of piperidine rings is 2. The summed E-state index contributed by atoms with van der Waals surface area (Å²) in [4.78, 5) is 0. The molecular weight excluding hydrogens is 236 g/mol. The molecular formula is C12H24N2O2S. The maximum Gasteiger partial charge on any atom is 0.214 e. The van der Waals surface area contributed by atoms with Crippen molar-refractivity contribution in [1.29, 1.82) is 0 Å². The highest BCUT2D eigenvalue weighted by Gasteiger charge is 2.25. The van der Waals surface area contributed by atoms with Crippen LogP contribution in [0.25, 0.3) is 0 Å². The van der Waals surface area contributed by atoms with Crippen molar-refractivity contribution in [1.82, 2.24) is 9.62 Å². The van der Waals surface area contributed by atoms with Gasteiger partial charge in [0.1, 0.15) is 0 Å². The van der Waals surface area contributed by atoms with E-state index >= 15 is 0 Å². The van der Waals surface area contributed by atoms with Gasteiger partial charge in [0.25, 0.3) is 0 Å². The van der Waals surface area contributed by atoms with Crippen LogP contribution in [-0.4, -0.2) is 44.7 Å². The van der Waals surface area contributed by atoms with Gasteiger partial charge in [0.05, 0.1) is 5.75 Å². The van der Waals surface area contributed by atoms with Crippen LogP contribution in [0.15, 0.2) is 0 Å². The lowest BCUT2D eigenvalue weighted by atomic mass is 9.96. The second-order valence-electron chi connectivity index (χ2n) is 5.26. The number of rotatable bonds is 4. The Morgan fingerprint density at radius 2 is 1.71 bits per heavy atom. The molecule has 0 spiro atoms. The molecule has 0 aromatic heterocycles. The van der Waals surface area contributed by atoms with Crippen LogP contribution < -0.4 is 5.32 Å². The molecule has 0 saturated carbocycles. The van der Waals surface area contributed by atoms with Crippen LogP contribution in [0.1, 0.15) is 38.5 Å². The van der Waals surface area contributed by atoms with Gasteiger partial charge in [-0.15, -0.1) is 0 Å². The van der Waals surface area contributed by atoms with Crippen LogP contribution in [0, 0.1) is 5.92 Å². The summed E-state index contributed by atoms with van der Waals surface area (Å²) < 4.78 is 26.0. The summed E-state index contributed by atoms with van der Waals surface area (Å²) in [6, 6.07) is 0. The van der Waals surface area contributed by atoms with Gasteiger partial charge < -0.3 is 5.32 Å². The molecule has 2 fully saturated rings. The van der Waals surface area contributed by atoms with Gasteiger partial charge in [0.2, 0.25) is 10.0 Å². The summed E-state index contributed by atoms with van der Waals surface area (Å²) in [5.41, 5.74) is 0. The second kappa shape index (κ2) is 6.16. The maximum absolute atomic E-state index is 12.1. The first-order chi connectivity index (χ1) is 8.18. The Morgan fingerprint density at radius 1 is 1.06 bits per heavy atom. The third-order valence-corrected chi connectivity index (χ3v) is 5.85. The highest BCUT2D eigenvalue weighted by molar-refractivity contribution is 7.89. The highest BCUT2D eigenvalue weighted by atomic mass is 32.2. The summed E-state index contributed by atoms with van der Waals surface area (Å²) in [5, 5.41) is 3.32. The third kappa shape index (κ3) is 3.93. The third-order valence-electron chi connectivity index (χ3n) is 3.95. The van der Waals surface area contributed by atoms with E-state index in [1.807, 2.05) is 0 Å². The van der Waals surface area contributed by atoms with Gasteiger partial charge in [-0.05, 0) is 51.1 Å². The Hall–Kier alpha value is -0.130. The standard InChI is InChI=1S/C12H24N2O2S/c15-17(16,14-9-2-1-3-10-14)11-6-12-4-7-13-8-5-12/h12-13H,1-11H2. The number of nitrogens with zero attached hydrogens (tertiary/aromatic N) is 1. The molecule has 1 N–H and O–H groups in total. The Morgan fingerprint density at radius 3 is 2.35 bits per heavy atom. The van der Waals surface area contributed by atoms with Crippen molar-refractivity contribution in [3.05, 3.63) is 0 Å². The predicted molar refractivity (Wildman–Crippen MR) is 69.4 cm³/mol. The molecule has 2 saturated heterocycles. The molecule has 0 radical (unpaired) electrons. The lowest BCUT2D eigenvalue weighted by Gasteiger charge is -2.27. The summed E-state index contributed by atoms with van der Waals surface area (Å²) >= 11 is 0. The largest absolute Gasteiger partial charge is 0.317 e. The first-order valence-electron chi connectivity index (χ1n) is 6.87. The minimum absolute atomic E-state index is 0.359. The molecule has 0 aromatic carbocycles. The number of hydrogen-bond donors (Lipinski definition) is 1. The van der Waals surface area contributed by atoms with E-state index in [0.717, 1.165) is 58.3 Å². The van der Waals surface area contributed by atoms with E-state index in [9.17, 15) is 8.42 Å². The fourth-order valence-corrected chi connectivity index (χ4v) is 4.46. The van der Waals surface area contributed by atoms with E-state index in [0.29, 0.717) is 11.7 Å². The molecule has 0 unspecified atom stereocenters. The lowest BCUT2D eigenvalue weighted by Crippen LogP contribution is -2.38. The van der Waals surface area contributed by atoms with Crippen molar-refractivity contribution in [3.8, 4) is 0 Å². The lowest BCUT2D eigenvalue weighted by molar-refractivity contribution is 0.336. The van der Waals surface area contributed by atoms with Crippen LogP contribution >= 0.6 is 0 Å². The summed E-state index contributed by atoms with van der Waals surface area (Å²) in [7, 11) is -2.97. The van der Waals surface area contributed by atoms with E-state index in [2.05, 4.69) is 5.32 Å². The molecule has 4 nitrogen and oxygen atoms in total. The Labute approximate surface area is 105 Å². The molecule has 0 bridgehead atoms. The molecule has 17 heavy (non-hydrogen) atoms. The van der Waals surface area contributed by atoms with Gasteiger partial charge >= 0.3 is 0 Å². The Bertz CT molecular complexity index is 317. The second-order valence-corrected chi connectivity index (χ2v) is 7.35. The quantitative estimate of drug-likeness (QED) is 0.826. The van der Waals surface area contributed by atoms with Crippen molar-refractivity contribution in [2.45, 2.75) is 38.5 Å². The topological polar surface area (TPSA) is 49.4 Å². The fraction of sp³-hybridized carbons (Fsp3) is 1.00. The first-order valence-corrected chi connectivity index (χ1v) is 8.48. The zero-order chi connectivity index (χ0) is 12.1. The molecule has 2 heterocycles. The minimum atomic E-state index is -2.97. The van der Waals surface area contributed by atoms with Gasteiger partial charge in [0, 0.05) is 13.1 Å². The first kappa shape index (κ1) is 13.3. The Kier molecular flexibility index (Phi) is 4.82. The van der Waals surface area contributed by atoms with E-state index < -0.39 is 10.0 Å². The van der Waals surface area contributed by atoms with Crippen molar-refractivity contribution >= 4 is 10.0 Å². The molecule has 2 aliphatic rings. The molecule has 0 amide bonds. The zero-order valence-corrected chi connectivity index (χ0v) is 11.3. The van der Waals surface area contributed by atoms with E-state index in [1.54, 1.807) is 4.31 Å². The molecule has 0 aromatic rings. The SMILES string of the molecule is O=S(=O)(CCC1CCNCC1)N1CCCCC1. The van der Waals surface area contributed by atoms with Gasteiger partial charge in [0.15, 0.2) is 0 Å². The molecule has 2 rings (SSSR count). The predicted octanol–water partition coefficient (Wildman–Crippen LogP) is 1.19. The summed E-state index contributed by atoms with van der Waals surface area (Å²) in [6.45, 7) is 3.59. The van der Waals surface area contributed by atoms with Crippen LogP contribution in [0.2, 0.25) is 0 Å². The molecule has 0 atom stereocenters. The van der Waals surface area contributed by atoms with Crippen LogP contribution in [0.5, 0.6) is 0 Å². The van der Waals surface area contributed by atoms with Crippen molar-refractivity contribution < 1.29 is 8.42 Å². The highest BCUT2D eigenvalue weighted by Crippen LogP contribution is 2.19. The Balaban J connectivity index is 1.79. The minimum Gasteiger partial charge on any atom is -0.317 e. The summed E-state index contributed by atoms with van der Waals surface area (Å²) in [5.74, 6) is 0.966. The average molecular weight is 260 g/mol. The zero-order valence-electron chi connectivity index (χ0n) is 10.5. The van der Waals surface area contributed by atoms with Crippen molar-refractivity contribution in [3.63, 3.8) is 0 Å². The van der Waals surface area contributed by atoms with E-state index in [-0.39, 0.29) is 0 Å². The number of sulfonamides is 1. The van der Waals surface area contributed by atoms with Crippen LogP contribution in [0.3, 0.4) is 0 Å². The van der Waals surface area contributed by atoms with Gasteiger partial charge in [-0.25, -0.2) is 12.7 Å². The maximum atomic E-state index is 12.1. The smallest absolute Gasteiger partial charge is 0.214 e. The fourth-order valence-electron chi connectivity index (χ4n) is 2.76. The molecule has 100 valence electrons. The van der Waals surface area contributed by atoms with E-state index in [4.69, 9.17) is 0 Å². The van der Waals surface area contributed by atoms with Gasteiger partial charge in [-0.1, -0.05) is 6.42 Å². The molecule has 5 heteroatoms. The molecule has 2 aliphatic heterocycles. The van der Waals surface area contributed by atoms with Crippen LogP contribution in [0.4, 0.5) is 0 Å². The van der Waals surface area contributed by atoms with Gasteiger partial charge in [-0.3, -0.25) is 0 Å². The normalized spacial score (nSPS) is 24.9. The summed E-state index contributed by atoms with van der Waals surface area (Å²) in [6.07, 6.45) is 6.37. The average Bonchev–Trinajstić information content (AvgIpc) is 2.39.